The maximum absolute atomic E-state index is 13.1. The van der Waals surface area contributed by atoms with E-state index in [1.54, 1.807) is 36.7 Å². The minimum Gasteiger partial charge on any atom is -0.507 e. The Bertz CT molecular complexity index is 1220. The topological polar surface area (TPSA) is 89.0 Å². The van der Waals surface area contributed by atoms with Gasteiger partial charge in [0.25, 0.3) is 11.7 Å². The van der Waals surface area contributed by atoms with Crippen molar-refractivity contribution in [3.8, 4) is 11.5 Å². The van der Waals surface area contributed by atoms with E-state index in [0.29, 0.717) is 17.1 Å². The SMILES string of the molecule is Cc1ccsc1C1/C(=C(/O)c2ccc3c(c2)OCO3)C(=O)C(=O)N1Cc1cccnc1. The zero-order chi connectivity index (χ0) is 21.5. The average Bonchev–Trinajstić information content (AvgIpc) is 3.48. The molecule has 3 aromatic rings. The highest BCUT2D eigenvalue weighted by molar-refractivity contribution is 7.10. The molecule has 7 nitrogen and oxygen atoms in total. The first-order valence-electron chi connectivity index (χ1n) is 9.66. The van der Waals surface area contributed by atoms with Crippen molar-refractivity contribution in [3.63, 3.8) is 0 Å². The van der Waals surface area contributed by atoms with Gasteiger partial charge in [-0.05, 0) is 53.8 Å². The number of carbonyl (C=O) groups excluding carboxylic acids is 2. The quantitative estimate of drug-likeness (QED) is 0.382. The van der Waals surface area contributed by atoms with Crippen molar-refractivity contribution in [1.29, 1.82) is 0 Å². The van der Waals surface area contributed by atoms with E-state index in [1.165, 1.54) is 16.2 Å². The molecule has 8 heteroatoms. The van der Waals surface area contributed by atoms with Crippen molar-refractivity contribution < 1.29 is 24.2 Å². The molecular weight excluding hydrogens is 416 g/mol. The Balaban J connectivity index is 1.64. The molecule has 0 bridgehead atoms. The van der Waals surface area contributed by atoms with Gasteiger partial charge in [-0.2, -0.15) is 0 Å². The highest BCUT2D eigenvalue weighted by atomic mass is 32.1. The molecule has 1 unspecified atom stereocenters. The number of rotatable bonds is 4. The molecule has 4 heterocycles. The van der Waals surface area contributed by atoms with Gasteiger partial charge in [-0.25, -0.2) is 0 Å². The van der Waals surface area contributed by atoms with Crippen LogP contribution >= 0.6 is 11.3 Å². The summed E-state index contributed by atoms with van der Waals surface area (Å²) >= 11 is 1.45. The lowest BCUT2D eigenvalue weighted by atomic mass is 9.98. The molecule has 31 heavy (non-hydrogen) atoms. The standard InChI is InChI=1S/C23H18N2O5S/c1-13-6-8-31-22(13)19-18(20(26)15-4-5-16-17(9-15)30-12-29-16)21(27)23(28)25(19)11-14-3-2-7-24-10-14/h2-10,19,26H,11-12H2,1H3/b20-18-. The number of hydrogen-bond donors (Lipinski definition) is 1. The number of pyridine rings is 1. The van der Waals surface area contributed by atoms with Crippen LogP contribution in [0.4, 0.5) is 0 Å². The minimum atomic E-state index is -0.711. The van der Waals surface area contributed by atoms with Gasteiger partial charge < -0.3 is 19.5 Å². The fourth-order valence-corrected chi connectivity index (χ4v) is 4.91. The van der Waals surface area contributed by atoms with Crippen molar-refractivity contribution in [2.45, 2.75) is 19.5 Å². The highest BCUT2D eigenvalue weighted by Crippen LogP contribution is 2.44. The van der Waals surface area contributed by atoms with Crippen LogP contribution in [0.5, 0.6) is 11.5 Å². The number of thiophene rings is 1. The molecule has 1 amide bonds. The van der Waals surface area contributed by atoms with Gasteiger partial charge in [-0.15, -0.1) is 11.3 Å². The fourth-order valence-electron chi connectivity index (χ4n) is 3.87. The molecule has 2 aliphatic rings. The Morgan fingerprint density at radius 3 is 2.81 bits per heavy atom. The summed E-state index contributed by atoms with van der Waals surface area (Å²) in [6.07, 6.45) is 3.31. The zero-order valence-electron chi connectivity index (χ0n) is 16.6. The molecule has 5 rings (SSSR count). The maximum atomic E-state index is 13.1. The number of likely N-dealkylation sites (tertiary alicyclic amines) is 1. The van der Waals surface area contributed by atoms with Gasteiger partial charge in [0.2, 0.25) is 6.79 Å². The van der Waals surface area contributed by atoms with Gasteiger partial charge in [0.05, 0.1) is 5.57 Å². The Morgan fingerprint density at radius 2 is 2.06 bits per heavy atom. The van der Waals surface area contributed by atoms with Crippen LogP contribution in [0.3, 0.4) is 0 Å². The number of fused-ring (bicyclic) bond motifs is 1. The lowest BCUT2D eigenvalue weighted by molar-refractivity contribution is -0.140. The molecule has 156 valence electrons. The summed E-state index contributed by atoms with van der Waals surface area (Å²) in [5.74, 6) is -0.541. The molecule has 0 radical (unpaired) electrons. The minimum absolute atomic E-state index is 0.0679. The molecule has 1 fully saturated rings. The molecule has 1 N–H and O–H groups in total. The summed E-state index contributed by atoms with van der Waals surface area (Å²) < 4.78 is 10.7. The average molecular weight is 434 g/mol. The van der Waals surface area contributed by atoms with E-state index in [1.807, 2.05) is 24.4 Å². The number of aryl methyl sites for hydroxylation is 1. The normalized spacial score (nSPS) is 19.3. The van der Waals surface area contributed by atoms with E-state index in [0.717, 1.165) is 16.0 Å². The number of carbonyl (C=O) groups is 2. The van der Waals surface area contributed by atoms with E-state index in [9.17, 15) is 14.7 Å². The van der Waals surface area contributed by atoms with E-state index >= 15 is 0 Å². The molecule has 1 aromatic carbocycles. The largest absolute Gasteiger partial charge is 0.507 e. The number of hydrogen-bond acceptors (Lipinski definition) is 7. The third kappa shape index (κ3) is 3.25. The van der Waals surface area contributed by atoms with E-state index in [4.69, 9.17) is 9.47 Å². The van der Waals surface area contributed by atoms with Gasteiger partial charge in [0.15, 0.2) is 11.5 Å². The summed E-state index contributed by atoms with van der Waals surface area (Å²) in [5.41, 5.74) is 2.21. The number of benzene rings is 1. The Hall–Kier alpha value is -3.65. The summed E-state index contributed by atoms with van der Waals surface area (Å²) in [4.78, 5) is 32.6. The first kappa shape index (κ1) is 19.3. The van der Waals surface area contributed by atoms with Crippen LogP contribution < -0.4 is 9.47 Å². The van der Waals surface area contributed by atoms with Crippen LogP contribution in [0.25, 0.3) is 5.76 Å². The van der Waals surface area contributed by atoms with Crippen LogP contribution in [-0.2, 0) is 16.1 Å². The first-order chi connectivity index (χ1) is 15.0. The number of ketones is 1. The van der Waals surface area contributed by atoms with Crippen LogP contribution in [0.1, 0.15) is 27.6 Å². The molecule has 0 saturated carbocycles. The second-order valence-corrected chi connectivity index (χ2v) is 8.27. The number of aliphatic hydroxyl groups is 1. The molecule has 1 atom stereocenters. The van der Waals surface area contributed by atoms with E-state index in [-0.39, 0.29) is 24.7 Å². The highest BCUT2D eigenvalue weighted by Gasteiger charge is 2.47. The monoisotopic (exact) mass is 434 g/mol. The van der Waals surface area contributed by atoms with Crippen LogP contribution in [0.2, 0.25) is 0 Å². The van der Waals surface area contributed by atoms with E-state index < -0.39 is 17.7 Å². The summed E-state index contributed by atoms with van der Waals surface area (Å²) in [6.45, 7) is 2.23. The molecular formula is C23H18N2O5S. The van der Waals surface area contributed by atoms with Crippen molar-refractivity contribution in [2.24, 2.45) is 0 Å². The van der Waals surface area contributed by atoms with E-state index in [2.05, 4.69) is 4.98 Å². The number of aliphatic hydroxyl groups excluding tert-OH is 1. The number of Topliss-reactive ketones (excluding diaryl/α,β-unsaturated/α-hetero) is 1. The molecule has 2 aromatic heterocycles. The lowest BCUT2D eigenvalue weighted by Crippen LogP contribution is -2.29. The zero-order valence-corrected chi connectivity index (χ0v) is 17.4. The third-order valence-electron chi connectivity index (χ3n) is 5.41. The number of ether oxygens (including phenoxy) is 2. The van der Waals surface area contributed by atoms with Crippen LogP contribution in [0, 0.1) is 6.92 Å². The second-order valence-electron chi connectivity index (χ2n) is 7.32. The molecule has 0 spiro atoms. The summed E-state index contributed by atoms with van der Waals surface area (Å²) in [7, 11) is 0. The summed E-state index contributed by atoms with van der Waals surface area (Å²) in [5, 5.41) is 13.1. The van der Waals surface area contributed by atoms with Gasteiger partial charge in [0, 0.05) is 29.4 Å². The van der Waals surface area contributed by atoms with Crippen LogP contribution in [-0.4, -0.2) is 33.5 Å². The predicted molar refractivity (Wildman–Crippen MR) is 114 cm³/mol. The van der Waals surface area contributed by atoms with Crippen molar-refractivity contribution in [3.05, 3.63) is 81.3 Å². The van der Waals surface area contributed by atoms with Gasteiger partial charge in [0.1, 0.15) is 11.8 Å². The van der Waals surface area contributed by atoms with Crippen molar-refractivity contribution >= 4 is 28.8 Å². The number of nitrogens with zero attached hydrogens (tertiary/aromatic N) is 2. The molecule has 1 saturated heterocycles. The first-order valence-corrected chi connectivity index (χ1v) is 10.5. The van der Waals surface area contributed by atoms with Crippen molar-refractivity contribution in [2.75, 3.05) is 6.79 Å². The van der Waals surface area contributed by atoms with Gasteiger partial charge in [-0.1, -0.05) is 6.07 Å². The smallest absolute Gasteiger partial charge is 0.295 e. The Kier molecular flexibility index (Phi) is 4.71. The van der Waals surface area contributed by atoms with Crippen molar-refractivity contribution in [1.82, 2.24) is 9.88 Å². The van der Waals surface area contributed by atoms with Gasteiger partial charge >= 0.3 is 0 Å². The maximum Gasteiger partial charge on any atom is 0.295 e. The number of aromatic nitrogens is 1. The third-order valence-corrected chi connectivity index (χ3v) is 6.48. The lowest BCUT2D eigenvalue weighted by Gasteiger charge is -2.25. The number of amides is 1. The fraction of sp³-hybridized carbons (Fsp3) is 0.174. The second kappa shape index (κ2) is 7.55. The van der Waals surface area contributed by atoms with Gasteiger partial charge in [-0.3, -0.25) is 14.6 Å². The Labute approximate surface area is 182 Å². The summed E-state index contributed by atoms with van der Waals surface area (Å²) in [6, 6.07) is 9.82. The predicted octanol–water partition coefficient (Wildman–Crippen LogP) is 3.80. The van der Waals surface area contributed by atoms with Crippen LogP contribution in [0.15, 0.2) is 59.7 Å². The Morgan fingerprint density at radius 1 is 1.23 bits per heavy atom. The molecule has 2 aliphatic heterocycles. The molecule has 0 aliphatic carbocycles.